The number of likely N-dealkylation sites (tertiary alicyclic amines) is 1. The molecule has 3 aliphatic heterocycles. The van der Waals surface area contributed by atoms with E-state index >= 15 is 0 Å². The van der Waals surface area contributed by atoms with E-state index in [1.165, 1.54) is 22.0 Å². The van der Waals surface area contributed by atoms with Crippen LogP contribution in [-0.4, -0.2) is 87.0 Å². The predicted octanol–water partition coefficient (Wildman–Crippen LogP) is 2.70. The van der Waals surface area contributed by atoms with Crippen LogP contribution in [0.5, 0.6) is 6.01 Å². The third-order valence-corrected chi connectivity index (χ3v) is 7.93. The highest BCUT2D eigenvalue weighted by molar-refractivity contribution is 5.94. The smallest absolute Gasteiger partial charge is 0.318 e. The topological polar surface area (TPSA) is 66.0 Å². The lowest BCUT2D eigenvalue weighted by Gasteiger charge is -2.35. The molecule has 0 radical (unpaired) electrons. The second kappa shape index (κ2) is 10.2. The molecule has 0 amide bonds. The zero-order valence-electron chi connectivity index (χ0n) is 21.3. The lowest BCUT2D eigenvalue weighted by atomic mass is 10.0. The number of hydrogen-bond acceptors (Lipinski definition) is 8. The van der Waals surface area contributed by atoms with Gasteiger partial charge in [-0.1, -0.05) is 36.4 Å². The maximum atomic E-state index is 6.28. The first kappa shape index (κ1) is 23.5. The van der Waals surface area contributed by atoms with E-state index in [9.17, 15) is 0 Å². The molecule has 0 spiro atoms. The first-order chi connectivity index (χ1) is 17.7. The highest BCUT2D eigenvalue weighted by Gasteiger charge is 2.31. The Hall–Kier alpha value is -2.94. The summed E-state index contributed by atoms with van der Waals surface area (Å²) in [6.45, 7) is 7.08. The van der Waals surface area contributed by atoms with Crippen molar-refractivity contribution in [2.24, 2.45) is 0 Å². The SMILES string of the molecule is CO[C@@H]1C[C@@H](COc2nc3c(c(N4CCNCC4)n2)CCN(c2cccc4ccccc24)C3)N(C)C1. The van der Waals surface area contributed by atoms with Crippen molar-refractivity contribution < 1.29 is 9.47 Å². The van der Waals surface area contributed by atoms with E-state index in [-0.39, 0.29) is 6.10 Å². The number of fused-ring (bicyclic) bond motifs is 2. The maximum absolute atomic E-state index is 6.28. The third-order valence-electron chi connectivity index (χ3n) is 7.93. The summed E-state index contributed by atoms with van der Waals surface area (Å²) in [7, 11) is 3.92. The number of methoxy groups -OCH3 is 1. The predicted molar refractivity (Wildman–Crippen MR) is 143 cm³/mol. The highest BCUT2D eigenvalue weighted by atomic mass is 16.5. The minimum Gasteiger partial charge on any atom is -0.462 e. The summed E-state index contributed by atoms with van der Waals surface area (Å²) >= 11 is 0. The van der Waals surface area contributed by atoms with Crippen LogP contribution in [0.25, 0.3) is 10.8 Å². The fraction of sp³-hybridized carbons (Fsp3) is 0.500. The molecule has 190 valence electrons. The normalized spacial score (nSPS) is 22.7. The van der Waals surface area contributed by atoms with Crippen molar-refractivity contribution in [3.05, 3.63) is 53.7 Å². The molecule has 2 aromatic carbocycles. The number of nitrogens with one attached hydrogen (secondary N) is 1. The largest absolute Gasteiger partial charge is 0.462 e. The van der Waals surface area contributed by atoms with E-state index in [0.29, 0.717) is 18.7 Å². The van der Waals surface area contributed by atoms with Crippen LogP contribution in [0, 0.1) is 0 Å². The molecule has 2 fully saturated rings. The average molecular weight is 489 g/mol. The van der Waals surface area contributed by atoms with Crippen molar-refractivity contribution in [1.29, 1.82) is 0 Å². The first-order valence-electron chi connectivity index (χ1n) is 13.1. The van der Waals surface area contributed by atoms with Gasteiger partial charge in [0.25, 0.3) is 0 Å². The Bertz CT molecular complexity index is 1210. The zero-order valence-corrected chi connectivity index (χ0v) is 21.3. The van der Waals surface area contributed by atoms with Gasteiger partial charge in [0.2, 0.25) is 0 Å². The van der Waals surface area contributed by atoms with E-state index in [0.717, 1.165) is 70.2 Å². The molecule has 8 heteroatoms. The molecule has 8 nitrogen and oxygen atoms in total. The summed E-state index contributed by atoms with van der Waals surface area (Å²) in [6, 6.07) is 16.0. The molecule has 0 saturated carbocycles. The number of benzene rings is 2. The Morgan fingerprint density at radius 1 is 1.00 bits per heavy atom. The number of nitrogens with zero attached hydrogens (tertiary/aromatic N) is 5. The second-order valence-corrected chi connectivity index (χ2v) is 10.2. The van der Waals surface area contributed by atoms with Crippen LogP contribution in [0.3, 0.4) is 0 Å². The number of anilines is 2. The van der Waals surface area contributed by atoms with E-state index < -0.39 is 0 Å². The Labute approximate surface area is 213 Å². The third kappa shape index (κ3) is 4.61. The molecule has 1 aromatic heterocycles. The van der Waals surface area contributed by atoms with Gasteiger partial charge in [-0.3, -0.25) is 4.90 Å². The number of aromatic nitrogens is 2. The molecule has 0 bridgehead atoms. The number of ether oxygens (including phenoxy) is 2. The summed E-state index contributed by atoms with van der Waals surface area (Å²) in [5.74, 6) is 1.06. The van der Waals surface area contributed by atoms with Crippen LogP contribution in [-0.2, 0) is 17.7 Å². The van der Waals surface area contributed by atoms with Gasteiger partial charge < -0.3 is 24.6 Å². The van der Waals surface area contributed by atoms with Crippen LogP contribution in [0.15, 0.2) is 42.5 Å². The van der Waals surface area contributed by atoms with Crippen LogP contribution >= 0.6 is 0 Å². The van der Waals surface area contributed by atoms with Crippen molar-refractivity contribution in [3.8, 4) is 6.01 Å². The van der Waals surface area contributed by atoms with Crippen molar-refractivity contribution in [3.63, 3.8) is 0 Å². The van der Waals surface area contributed by atoms with Gasteiger partial charge in [-0.2, -0.15) is 9.97 Å². The molecule has 6 rings (SSSR count). The number of hydrogen-bond donors (Lipinski definition) is 1. The van der Waals surface area contributed by atoms with Crippen molar-refractivity contribution >= 4 is 22.3 Å². The molecule has 4 heterocycles. The highest BCUT2D eigenvalue weighted by Crippen LogP contribution is 2.34. The van der Waals surface area contributed by atoms with Gasteiger partial charge in [0, 0.05) is 69.1 Å². The molecular weight excluding hydrogens is 452 g/mol. The van der Waals surface area contributed by atoms with Gasteiger partial charge in [-0.15, -0.1) is 0 Å². The van der Waals surface area contributed by atoms with Crippen LogP contribution in [0.4, 0.5) is 11.5 Å². The van der Waals surface area contributed by atoms with Crippen molar-refractivity contribution in [1.82, 2.24) is 20.2 Å². The van der Waals surface area contributed by atoms with Gasteiger partial charge in [0.05, 0.1) is 18.3 Å². The molecule has 2 atom stereocenters. The minimum atomic E-state index is 0.263. The summed E-state index contributed by atoms with van der Waals surface area (Å²) in [6.07, 6.45) is 2.16. The lowest BCUT2D eigenvalue weighted by molar-refractivity contribution is 0.111. The first-order valence-corrected chi connectivity index (χ1v) is 13.1. The Balaban J connectivity index is 1.29. The number of piperazine rings is 1. The van der Waals surface area contributed by atoms with Gasteiger partial charge in [0.15, 0.2) is 0 Å². The van der Waals surface area contributed by atoms with E-state index in [4.69, 9.17) is 19.4 Å². The van der Waals surface area contributed by atoms with Crippen LogP contribution in [0.2, 0.25) is 0 Å². The molecule has 3 aromatic rings. The van der Waals surface area contributed by atoms with Gasteiger partial charge in [0.1, 0.15) is 12.4 Å². The molecular formula is C28H36N6O2. The molecule has 1 N–H and O–H groups in total. The minimum absolute atomic E-state index is 0.263. The molecule has 2 saturated heterocycles. The molecule has 0 unspecified atom stereocenters. The van der Waals surface area contributed by atoms with Gasteiger partial charge in [-0.05, 0) is 31.3 Å². The van der Waals surface area contributed by atoms with Crippen LogP contribution in [0.1, 0.15) is 17.7 Å². The molecule has 0 aliphatic carbocycles. The summed E-state index contributed by atoms with van der Waals surface area (Å²) in [5.41, 5.74) is 3.63. The van der Waals surface area contributed by atoms with E-state index in [1.807, 2.05) is 0 Å². The average Bonchev–Trinajstić information content (AvgIpc) is 3.30. The second-order valence-electron chi connectivity index (χ2n) is 10.2. The summed E-state index contributed by atoms with van der Waals surface area (Å²) in [4.78, 5) is 17.1. The fourth-order valence-electron chi connectivity index (χ4n) is 5.85. The fourth-order valence-corrected chi connectivity index (χ4v) is 5.85. The Morgan fingerprint density at radius 2 is 1.83 bits per heavy atom. The molecule has 36 heavy (non-hydrogen) atoms. The lowest BCUT2D eigenvalue weighted by Crippen LogP contribution is -2.45. The Morgan fingerprint density at radius 3 is 2.67 bits per heavy atom. The van der Waals surface area contributed by atoms with Crippen LogP contribution < -0.4 is 19.9 Å². The number of likely N-dealkylation sites (N-methyl/N-ethyl adjacent to an activating group) is 1. The standard InChI is InChI=1S/C28H36N6O2/c1-32-17-22(35-2)16-21(32)19-36-28-30-25-18-34(26-9-5-7-20-6-3-4-8-23(20)26)13-10-24(25)27(31-28)33-14-11-29-12-15-33/h3-9,21-22,29H,10-19H2,1-2H3/t21-,22+/m0/s1. The zero-order chi connectivity index (χ0) is 24.5. The van der Waals surface area contributed by atoms with Gasteiger partial charge >= 0.3 is 6.01 Å². The quantitative estimate of drug-likeness (QED) is 0.568. The van der Waals surface area contributed by atoms with Crippen molar-refractivity contribution in [2.45, 2.75) is 31.5 Å². The monoisotopic (exact) mass is 488 g/mol. The number of rotatable bonds is 6. The molecule has 3 aliphatic rings. The summed E-state index contributed by atoms with van der Waals surface area (Å²) < 4.78 is 11.9. The summed E-state index contributed by atoms with van der Waals surface area (Å²) in [5, 5.41) is 6.01. The Kier molecular flexibility index (Phi) is 6.65. The van der Waals surface area contributed by atoms with Crippen molar-refractivity contribution in [2.75, 3.05) is 69.8 Å². The van der Waals surface area contributed by atoms with Gasteiger partial charge in [-0.25, -0.2) is 0 Å². The van der Waals surface area contributed by atoms with E-state index in [1.54, 1.807) is 7.11 Å². The van der Waals surface area contributed by atoms with E-state index in [2.05, 4.69) is 69.5 Å². The maximum Gasteiger partial charge on any atom is 0.318 e.